The van der Waals surface area contributed by atoms with Gasteiger partial charge in [0.2, 0.25) is 0 Å². The highest BCUT2D eigenvalue weighted by Gasteiger charge is 2.50. The predicted octanol–water partition coefficient (Wildman–Crippen LogP) is 5.02. The molecule has 2 aromatic carbocycles. The summed E-state index contributed by atoms with van der Waals surface area (Å²) in [6.45, 7) is 8.96. The topological polar surface area (TPSA) is 39.2 Å². The molecule has 3 nitrogen and oxygen atoms in total. The van der Waals surface area contributed by atoms with Gasteiger partial charge in [-0.2, -0.15) is 0 Å². The van der Waals surface area contributed by atoms with Crippen molar-refractivity contribution in [3.8, 4) is 0 Å². The van der Waals surface area contributed by atoms with Crippen LogP contribution in [0.25, 0.3) is 0 Å². The fraction of sp³-hybridized carbons (Fsp3) is 0.308. The van der Waals surface area contributed by atoms with E-state index in [1.807, 2.05) is 24.4 Å². The monoisotopic (exact) mass is 449 g/mol. The molecule has 0 aliphatic carbocycles. The molecule has 3 rings (SSSR count). The van der Waals surface area contributed by atoms with Crippen LogP contribution in [0.1, 0.15) is 39.3 Å². The van der Waals surface area contributed by atoms with E-state index in [1.165, 1.54) is 22.1 Å². The Balaban J connectivity index is 2.04. The molecule has 0 spiro atoms. The van der Waals surface area contributed by atoms with Gasteiger partial charge in [-0.05, 0) is 27.5 Å². The van der Waals surface area contributed by atoms with Crippen molar-refractivity contribution in [1.82, 2.24) is 4.98 Å². The minimum atomic E-state index is -2.62. The summed E-state index contributed by atoms with van der Waals surface area (Å²) in [5.74, 6) is 0.696. The summed E-state index contributed by atoms with van der Waals surface area (Å²) in [6, 6.07) is 27.2. The summed E-state index contributed by atoms with van der Waals surface area (Å²) < 4.78 is 7.09. The molecule has 5 heteroatoms. The van der Waals surface area contributed by atoms with Gasteiger partial charge in [0.1, 0.15) is 0 Å². The Morgan fingerprint density at radius 1 is 0.935 bits per heavy atom. The smallest absolute Gasteiger partial charge is 0.261 e. The maximum absolute atomic E-state index is 11.7. The molecule has 1 heterocycles. The van der Waals surface area contributed by atoms with Crippen molar-refractivity contribution in [2.24, 2.45) is 0 Å². The van der Waals surface area contributed by atoms with Gasteiger partial charge in [0.05, 0.1) is 0 Å². The van der Waals surface area contributed by atoms with Gasteiger partial charge in [0, 0.05) is 37.1 Å². The zero-order chi connectivity index (χ0) is 22.3. The molecule has 0 saturated heterocycles. The first-order chi connectivity index (χ1) is 14.8. The average molecular weight is 450 g/mol. The third-order valence-corrected chi connectivity index (χ3v) is 11.5. The molecular formula is C26H31NO2SSi. The number of carbonyl (C=O) groups excluding carboxylic acids is 1. The van der Waals surface area contributed by atoms with E-state index < -0.39 is 8.32 Å². The van der Waals surface area contributed by atoms with Gasteiger partial charge in [0.15, 0.2) is 5.12 Å². The van der Waals surface area contributed by atoms with E-state index in [-0.39, 0.29) is 16.1 Å². The van der Waals surface area contributed by atoms with Crippen LogP contribution in [0.3, 0.4) is 0 Å². The van der Waals surface area contributed by atoms with E-state index in [2.05, 4.69) is 86.4 Å². The van der Waals surface area contributed by atoms with E-state index in [9.17, 15) is 4.79 Å². The van der Waals surface area contributed by atoms with Crippen LogP contribution in [-0.4, -0.2) is 30.8 Å². The number of thioether (sulfide) groups is 1. The van der Waals surface area contributed by atoms with Crippen molar-refractivity contribution in [2.75, 3.05) is 12.4 Å². The van der Waals surface area contributed by atoms with Gasteiger partial charge >= 0.3 is 0 Å². The number of nitrogens with zero attached hydrogens (tertiary/aromatic N) is 1. The third-order valence-electron chi connectivity index (χ3n) is 5.51. The molecule has 31 heavy (non-hydrogen) atoms. The molecule has 0 N–H and O–H groups in total. The lowest BCUT2D eigenvalue weighted by atomic mass is 10.1. The quantitative estimate of drug-likeness (QED) is 0.453. The molecular weight excluding hydrogens is 418 g/mol. The Morgan fingerprint density at radius 3 is 1.94 bits per heavy atom. The van der Waals surface area contributed by atoms with Gasteiger partial charge in [0.25, 0.3) is 8.32 Å². The van der Waals surface area contributed by atoms with Crippen molar-refractivity contribution in [3.63, 3.8) is 0 Å². The first-order valence-corrected chi connectivity index (χ1v) is 13.5. The van der Waals surface area contributed by atoms with Gasteiger partial charge < -0.3 is 4.43 Å². The number of carbonyl (C=O) groups is 1. The number of pyridine rings is 1. The van der Waals surface area contributed by atoms with Crippen molar-refractivity contribution in [1.29, 1.82) is 0 Å². The molecule has 0 saturated carbocycles. The summed E-state index contributed by atoms with van der Waals surface area (Å²) in [7, 11) is -2.62. The second-order valence-electron chi connectivity index (χ2n) is 8.73. The van der Waals surface area contributed by atoms with Gasteiger partial charge in [-0.1, -0.05) is 99.3 Å². The highest BCUT2D eigenvalue weighted by Crippen LogP contribution is 2.37. The molecule has 0 aliphatic rings. The van der Waals surface area contributed by atoms with Crippen molar-refractivity contribution < 1.29 is 9.22 Å². The highest BCUT2D eigenvalue weighted by atomic mass is 32.2. The number of benzene rings is 2. The minimum Gasteiger partial charge on any atom is -0.407 e. The molecule has 0 aliphatic heterocycles. The minimum absolute atomic E-state index is 0.0387. The van der Waals surface area contributed by atoms with E-state index in [0.717, 1.165) is 5.69 Å². The molecule has 0 radical (unpaired) electrons. The predicted molar refractivity (Wildman–Crippen MR) is 134 cm³/mol. The van der Waals surface area contributed by atoms with E-state index in [4.69, 9.17) is 4.43 Å². The summed E-state index contributed by atoms with van der Waals surface area (Å²) >= 11 is 1.34. The van der Waals surface area contributed by atoms with Crippen LogP contribution in [0.5, 0.6) is 0 Å². The fourth-order valence-corrected chi connectivity index (χ4v) is 9.35. The number of hydrogen-bond acceptors (Lipinski definition) is 4. The van der Waals surface area contributed by atoms with E-state index >= 15 is 0 Å². The first kappa shape index (κ1) is 23.5. The van der Waals surface area contributed by atoms with Crippen LogP contribution in [0.2, 0.25) is 5.04 Å². The Kier molecular flexibility index (Phi) is 7.87. The lowest BCUT2D eigenvalue weighted by Gasteiger charge is -2.43. The Hall–Kier alpha value is -2.21. The largest absolute Gasteiger partial charge is 0.407 e. The Labute approximate surface area is 191 Å². The van der Waals surface area contributed by atoms with Crippen molar-refractivity contribution in [2.45, 2.75) is 38.7 Å². The number of rotatable bonds is 8. The molecule has 0 amide bonds. The fourth-order valence-electron chi connectivity index (χ4n) is 4.04. The molecule has 1 unspecified atom stereocenters. The Morgan fingerprint density at radius 2 is 1.48 bits per heavy atom. The Bertz CT molecular complexity index is 919. The van der Waals surface area contributed by atoms with Crippen molar-refractivity contribution >= 4 is 35.6 Å². The summed E-state index contributed by atoms with van der Waals surface area (Å²) in [6.07, 6.45) is 1.81. The lowest BCUT2D eigenvalue weighted by molar-refractivity contribution is -0.109. The maximum Gasteiger partial charge on any atom is 0.261 e. The third kappa shape index (κ3) is 5.53. The molecule has 0 fully saturated rings. The zero-order valence-corrected chi connectivity index (χ0v) is 20.6. The summed E-state index contributed by atoms with van der Waals surface area (Å²) in [4.78, 5) is 16.3. The van der Waals surface area contributed by atoms with Crippen LogP contribution in [0, 0.1) is 0 Å². The molecule has 162 valence electrons. The number of aromatic nitrogens is 1. The second kappa shape index (κ2) is 10.4. The van der Waals surface area contributed by atoms with Crippen LogP contribution in [0.15, 0.2) is 85.1 Å². The lowest BCUT2D eigenvalue weighted by Crippen LogP contribution is -2.66. The van der Waals surface area contributed by atoms with Crippen molar-refractivity contribution in [3.05, 3.63) is 90.8 Å². The summed E-state index contributed by atoms with van der Waals surface area (Å²) in [5, 5.41) is 2.55. The average Bonchev–Trinajstić information content (AvgIpc) is 2.77. The number of hydrogen-bond donors (Lipinski definition) is 0. The van der Waals surface area contributed by atoms with E-state index in [0.29, 0.717) is 12.4 Å². The first-order valence-electron chi connectivity index (χ1n) is 10.6. The molecule has 1 aromatic heterocycles. The van der Waals surface area contributed by atoms with Crippen LogP contribution < -0.4 is 10.4 Å². The normalized spacial score (nSPS) is 13.0. The molecule has 1 atom stereocenters. The van der Waals surface area contributed by atoms with Crippen LogP contribution in [-0.2, 0) is 9.22 Å². The molecule has 0 bridgehead atoms. The maximum atomic E-state index is 11.7. The SMILES string of the molecule is CC(=O)SCC(CO[Si](c1ccccc1)(c1ccccc1)C(C)(C)C)c1ccccn1. The van der Waals surface area contributed by atoms with Gasteiger partial charge in [-0.3, -0.25) is 9.78 Å². The van der Waals surface area contributed by atoms with Crippen LogP contribution >= 0.6 is 11.8 Å². The van der Waals surface area contributed by atoms with Crippen LogP contribution in [0.4, 0.5) is 0 Å². The second-order valence-corrected chi connectivity index (χ2v) is 14.2. The van der Waals surface area contributed by atoms with E-state index in [1.54, 1.807) is 6.92 Å². The zero-order valence-electron chi connectivity index (χ0n) is 18.7. The standard InChI is InChI=1S/C26H31NO2SSi/c1-21(28)30-20-22(25-17-11-12-18-27-25)19-29-31(26(2,3)4,23-13-7-5-8-14-23)24-15-9-6-10-16-24/h5-18,22H,19-20H2,1-4H3. The van der Waals surface area contributed by atoms with Gasteiger partial charge in [-0.15, -0.1) is 0 Å². The summed E-state index contributed by atoms with van der Waals surface area (Å²) in [5.41, 5.74) is 0.967. The van der Waals surface area contributed by atoms with Gasteiger partial charge in [-0.25, -0.2) is 0 Å². The molecule has 3 aromatic rings. The highest BCUT2D eigenvalue weighted by molar-refractivity contribution is 8.13.